The van der Waals surface area contributed by atoms with Crippen molar-refractivity contribution in [2.75, 3.05) is 39.4 Å². The van der Waals surface area contributed by atoms with E-state index in [-0.39, 0.29) is 11.8 Å². The molecule has 1 aliphatic rings. The van der Waals surface area contributed by atoms with Gasteiger partial charge in [-0.25, -0.2) is 0 Å². The lowest BCUT2D eigenvalue weighted by atomic mass is 10.1. The number of imide groups is 1. The highest BCUT2D eigenvalue weighted by Gasteiger charge is 2.34. The largest absolute Gasteiger partial charge is 0.380 e. The first kappa shape index (κ1) is 19.9. The van der Waals surface area contributed by atoms with Gasteiger partial charge < -0.3 is 15.4 Å². The molecule has 0 bridgehead atoms. The van der Waals surface area contributed by atoms with Gasteiger partial charge in [-0.15, -0.1) is 0 Å². The lowest BCUT2D eigenvalue weighted by molar-refractivity contribution is 0.0652. The third-order valence-corrected chi connectivity index (χ3v) is 4.03. The second kappa shape index (κ2) is 10.6. The van der Waals surface area contributed by atoms with Crippen LogP contribution in [0, 0.1) is 0 Å². The number of carbonyl (C=O) groups excluding carboxylic acids is 2. The van der Waals surface area contributed by atoms with Crippen molar-refractivity contribution in [2.45, 2.75) is 26.7 Å². The normalized spacial score (nSPS) is 13.9. The average molecular weight is 360 g/mol. The number of carbonyl (C=O) groups is 2. The smallest absolute Gasteiger partial charge is 0.261 e. The molecule has 2 rings (SSSR count). The zero-order valence-electron chi connectivity index (χ0n) is 15.6. The van der Waals surface area contributed by atoms with E-state index in [1.165, 1.54) is 4.90 Å². The van der Waals surface area contributed by atoms with E-state index in [1.807, 2.05) is 13.8 Å². The Morgan fingerprint density at radius 1 is 1.08 bits per heavy atom. The Morgan fingerprint density at radius 2 is 1.77 bits per heavy atom. The molecule has 1 aromatic carbocycles. The van der Waals surface area contributed by atoms with Crippen LogP contribution in [-0.4, -0.2) is 62.1 Å². The van der Waals surface area contributed by atoms with Gasteiger partial charge in [0.2, 0.25) is 0 Å². The first-order valence-corrected chi connectivity index (χ1v) is 9.24. The Bertz CT molecular complexity index is 610. The molecule has 0 aliphatic carbocycles. The van der Waals surface area contributed by atoms with Crippen molar-refractivity contribution in [3.05, 3.63) is 35.4 Å². The number of amides is 2. The predicted molar refractivity (Wildman–Crippen MR) is 102 cm³/mol. The summed E-state index contributed by atoms with van der Waals surface area (Å²) in [7, 11) is 0. The van der Waals surface area contributed by atoms with E-state index < -0.39 is 0 Å². The minimum absolute atomic E-state index is 0.194. The number of nitrogens with zero attached hydrogens (tertiary/aromatic N) is 2. The summed E-state index contributed by atoms with van der Waals surface area (Å²) in [6, 6.07) is 6.97. The molecule has 0 spiro atoms. The van der Waals surface area contributed by atoms with Gasteiger partial charge in [-0.1, -0.05) is 12.1 Å². The maximum absolute atomic E-state index is 12.3. The second-order valence-electron chi connectivity index (χ2n) is 5.90. The van der Waals surface area contributed by atoms with E-state index in [4.69, 9.17) is 4.74 Å². The lowest BCUT2D eigenvalue weighted by Gasteiger charge is -2.13. The van der Waals surface area contributed by atoms with Gasteiger partial charge in [-0.05, 0) is 38.8 Å². The van der Waals surface area contributed by atoms with Gasteiger partial charge >= 0.3 is 0 Å². The Labute approximate surface area is 154 Å². The molecule has 1 aromatic rings. The fourth-order valence-electron chi connectivity index (χ4n) is 2.74. The highest BCUT2D eigenvalue weighted by Crippen LogP contribution is 2.22. The molecule has 0 saturated heterocycles. The Kier molecular flexibility index (Phi) is 8.08. The first-order chi connectivity index (χ1) is 12.7. The molecule has 0 atom stereocenters. The summed E-state index contributed by atoms with van der Waals surface area (Å²) < 4.78 is 5.29. The van der Waals surface area contributed by atoms with Crippen molar-refractivity contribution in [1.82, 2.24) is 15.5 Å². The number of guanidine groups is 1. The van der Waals surface area contributed by atoms with Crippen molar-refractivity contribution in [1.29, 1.82) is 0 Å². The van der Waals surface area contributed by atoms with Crippen molar-refractivity contribution in [3.8, 4) is 0 Å². The number of benzene rings is 1. The summed E-state index contributed by atoms with van der Waals surface area (Å²) in [5, 5.41) is 6.39. The summed E-state index contributed by atoms with van der Waals surface area (Å²) in [6.45, 7) is 7.87. The number of hydrogen-bond acceptors (Lipinski definition) is 4. The highest BCUT2D eigenvalue weighted by molar-refractivity contribution is 6.21. The molecular weight excluding hydrogens is 332 g/mol. The molecule has 1 aliphatic heterocycles. The van der Waals surface area contributed by atoms with Crippen LogP contribution in [0.25, 0.3) is 0 Å². The van der Waals surface area contributed by atoms with Crippen LogP contribution < -0.4 is 10.6 Å². The monoisotopic (exact) mass is 360 g/mol. The third-order valence-electron chi connectivity index (χ3n) is 4.03. The molecule has 0 radical (unpaired) electrons. The van der Waals surface area contributed by atoms with E-state index in [0.717, 1.165) is 25.3 Å². The van der Waals surface area contributed by atoms with E-state index in [9.17, 15) is 9.59 Å². The predicted octanol–water partition coefficient (Wildman–Crippen LogP) is 1.65. The van der Waals surface area contributed by atoms with E-state index in [1.54, 1.807) is 24.3 Å². The highest BCUT2D eigenvalue weighted by atomic mass is 16.5. The molecule has 7 heteroatoms. The molecule has 0 unspecified atom stereocenters. The number of aliphatic imine (C=N–C) groups is 1. The number of rotatable bonds is 10. The number of ether oxygens (including phenoxy) is 1. The molecule has 7 nitrogen and oxygen atoms in total. The van der Waals surface area contributed by atoms with Crippen LogP contribution in [-0.2, 0) is 4.74 Å². The second-order valence-corrected chi connectivity index (χ2v) is 5.90. The molecule has 26 heavy (non-hydrogen) atoms. The zero-order chi connectivity index (χ0) is 18.8. The third kappa shape index (κ3) is 5.29. The SMILES string of the molecule is CCNC(=NCCCCN1C(=O)c2ccccc2C1=O)NCCOCC. The standard InChI is InChI=1S/C19H28N4O3/c1-3-20-19(22-12-14-26-4-2)21-11-7-8-13-23-17(24)15-9-5-6-10-16(15)18(23)25/h5-6,9-10H,3-4,7-8,11-14H2,1-2H3,(H2,20,21,22). The fourth-order valence-corrected chi connectivity index (χ4v) is 2.74. The van der Waals surface area contributed by atoms with Crippen molar-refractivity contribution < 1.29 is 14.3 Å². The molecule has 2 amide bonds. The average Bonchev–Trinajstić information content (AvgIpc) is 2.90. The Balaban J connectivity index is 1.74. The summed E-state index contributed by atoms with van der Waals surface area (Å²) in [6.07, 6.45) is 1.53. The minimum atomic E-state index is -0.194. The van der Waals surface area contributed by atoms with E-state index >= 15 is 0 Å². The van der Waals surface area contributed by atoms with Gasteiger partial charge in [0, 0.05) is 32.8 Å². The molecule has 0 fully saturated rings. The number of nitrogens with one attached hydrogen (secondary N) is 2. The minimum Gasteiger partial charge on any atom is -0.380 e. The van der Waals surface area contributed by atoms with Crippen molar-refractivity contribution in [2.24, 2.45) is 4.99 Å². The van der Waals surface area contributed by atoms with Gasteiger partial charge in [0.15, 0.2) is 5.96 Å². The topological polar surface area (TPSA) is 83.0 Å². The maximum atomic E-state index is 12.3. The van der Waals surface area contributed by atoms with Crippen LogP contribution in [0.15, 0.2) is 29.3 Å². The van der Waals surface area contributed by atoms with Crippen molar-refractivity contribution in [3.63, 3.8) is 0 Å². The van der Waals surface area contributed by atoms with Gasteiger partial charge in [0.25, 0.3) is 11.8 Å². The Morgan fingerprint density at radius 3 is 2.38 bits per heavy atom. The maximum Gasteiger partial charge on any atom is 0.261 e. The van der Waals surface area contributed by atoms with Crippen LogP contribution in [0.2, 0.25) is 0 Å². The summed E-state index contributed by atoms with van der Waals surface area (Å²) in [5.41, 5.74) is 1.01. The van der Waals surface area contributed by atoms with Gasteiger partial charge in [0.1, 0.15) is 0 Å². The van der Waals surface area contributed by atoms with Gasteiger partial charge in [0.05, 0.1) is 17.7 Å². The molecule has 0 saturated carbocycles. The fraction of sp³-hybridized carbons (Fsp3) is 0.526. The van der Waals surface area contributed by atoms with Crippen LogP contribution in [0.5, 0.6) is 0 Å². The molecule has 1 heterocycles. The zero-order valence-corrected chi connectivity index (χ0v) is 15.6. The van der Waals surface area contributed by atoms with Crippen LogP contribution in [0.1, 0.15) is 47.4 Å². The summed E-state index contributed by atoms with van der Waals surface area (Å²) in [5.74, 6) is 0.369. The molecule has 0 aromatic heterocycles. The van der Waals surface area contributed by atoms with E-state index in [2.05, 4.69) is 15.6 Å². The van der Waals surface area contributed by atoms with Gasteiger partial charge in [-0.2, -0.15) is 0 Å². The van der Waals surface area contributed by atoms with Gasteiger partial charge in [-0.3, -0.25) is 19.5 Å². The van der Waals surface area contributed by atoms with Crippen molar-refractivity contribution >= 4 is 17.8 Å². The van der Waals surface area contributed by atoms with Crippen LogP contribution in [0.4, 0.5) is 0 Å². The summed E-state index contributed by atoms with van der Waals surface area (Å²) in [4.78, 5) is 30.4. The number of fused-ring (bicyclic) bond motifs is 1. The first-order valence-electron chi connectivity index (χ1n) is 9.24. The van der Waals surface area contributed by atoms with Crippen LogP contribution in [0.3, 0.4) is 0 Å². The molecule has 142 valence electrons. The van der Waals surface area contributed by atoms with E-state index in [0.29, 0.717) is 44.0 Å². The lowest BCUT2D eigenvalue weighted by Crippen LogP contribution is -2.39. The molecular formula is C19H28N4O3. The Hall–Kier alpha value is -2.41. The summed E-state index contributed by atoms with van der Waals surface area (Å²) >= 11 is 0. The quantitative estimate of drug-likeness (QED) is 0.287. The van der Waals surface area contributed by atoms with Crippen LogP contribution >= 0.6 is 0 Å². The number of unbranched alkanes of at least 4 members (excludes halogenated alkanes) is 1. The molecule has 2 N–H and O–H groups in total. The number of hydrogen-bond donors (Lipinski definition) is 2.